The van der Waals surface area contributed by atoms with Crippen LogP contribution < -0.4 is 4.74 Å². The van der Waals surface area contributed by atoms with Crippen LogP contribution in [0.4, 0.5) is 0 Å². The van der Waals surface area contributed by atoms with Gasteiger partial charge in [0.2, 0.25) is 9.05 Å². The Morgan fingerprint density at radius 2 is 2.00 bits per heavy atom. The smallest absolute Gasteiger partial charge is 0.232 e. The first-order valence-corrected chi connectivity index (χ1v) is 7.53. The van der Waals surface area contributed by atoms with Crippen LogP contribution in [0.3, 0.4) is 0 Å². The number of Topliss-reactive ketones (excluding diaryl/α,β-unsaturated/α-hetero) is 1. The summed E-state index contributed by atoms with van der Waals surface area (Å²) in [5.74, 6) is 0.231. The molecule has 1 aromatic rings. The first kappa shape index (κ1) is 14.0. The minimum atomic E-state index is -3.48. The van der Waals surface area contributed by atoms with Crippen molar-refractivity contribution in [3.8, 4) is 5.75 Å². The summed E-state index contributed by atoms with van der Waals surface area (Å²) < 4.78 is 26.7. The van der Waals surface area contributed by atoms with Gasteiger partial charge in [-0.25, -0.2) is 8.42 Å². The number of hydrogen-bond acceptors (Lipinski definition) is 4. The number of para-hydroxylation sites is 1. The Balaban J connectivity index is 2.55. The Morgan fingerprint density at radius 1 is 1.35 bits per heavy atom. The van der Waals surface area contributed by atoms with Crippen molar-refractivity contribution in [1.29, 1.82) is 0 Å². The molecule has 6 heteroatoms. The highest BCUT2D eigenvalue weighted by molar-refractivity contribution is 8.13. The average Bonchev–Trinajstić information content (AvgIpc) is 2.23. The lowest BCUT2D eigenvalue weighted by Crippen LogP contribution is -2.07. The number of ether oxygens (including phenoxy) is 1. The van der Waals surface area contributed by atoms with Gasteiger partial charge in [0.1, 0.15) is 5.75 Å². The second kappa shape index (κ2) is 6.02. The van der Waals surface area contributed by atoms with Crippen LogP contribution in [0.1, 0.15) is 23.7 Å². The molecule has 1 rings (SSSR count). The number of carbonyl (C=O) groups excluding carboxylic acids is 1. The molecule has 4 nitrogen and oxygen atoms in total. The second-order valence-electron chi connectivity index (χ2n) is 3.50. The molecule has 0 saturated heterocycles. The maximum absolute atomic E-state index is 11.3. The maximum atomic E-state index is 11.3. The Bertz CT molecular complexity index is 496. The van der Waals surface area contributed by atoms with Crippen molar-refractivity contribution in [3.63, 3.8) is 0 Å². The molecule has 0 bridgehead atoms. The number of benzene rings is 1. The molecule has 0 unspecified atom stereocenters. The molecule has 0 aliphatic carbocycles. The van der Waals surface area contributed by atoms with Crippen molar-refractivity contribution in [2.45, 2.75) is 13.3 Å². The fraction of sp³-hybridized carbons (Fsp3) is 0.364. The van der Waals surface area contributed by atoms with Gasteiger partial charge in [-0.05, 0) is 25.5 Å². The first-order valence-electron chi connectivity index (χ1n) is 5.05. The first-order chi connectivity index (χ1) is 7.90. The summed E-state index contributed by atoms with van der Waals surface area (Å²) in [6.45, 7) is 1.65. The van der Waals surface area contributed by atoms with Crippen molar-refractivity contribution < 1.29 is 17.9 Å². The van der Waals surface area contributed by atoms with Crippen molar-refractivity contribution in [1.82, 2.24) is 0 Å². The van der Waals surface area contributed by atoms with Crippen LogP contribution in [-0.4, -0.2) is 26.6 Å². The molecular formula is C11H13ClO4S. The van der Waals surface area contributed by atoms with Gasteiger partial charge in [0.05, 0.1) is 17.9 Å². The Labute approximate surface area is 105 Å². The number of ketones is 1. The molecule has 0 saturated carbocycles. The molecule has 0 atom stereocenters. The van der Waals surface area contributed by atoms with E-state index in [2.05, 4.69) is 0 Å². The minimum absolute atomic E-state index is 0.0921. The zero-order valence-corrected chi connectivity index (χ0v) is 10.9. The molecule has 94 valence electrons. The number of halogens is 1. The highest BCUT2D eigenvalue weighted by Gasteiger charge is 2.08. The van der Waals surface area contributed by atoms with Gasteiger partial charge in [-0.2, -0.15) is 0 Å². The SMILES string of the molecule is CC(=O)c1ccccc1OCCCS(=O)(=O)Cl. The standard InChI is InChI=1S/C11H13ClO4S/c1-9(13)10-5-2-3-6-11(10)16-7-4-8-17(12,14)15/h2-3,5-6H,4,7-8H2,1H3. The van der Waals surface area contributed by atoms with Gasteiger partial charge < -0.3 is 4.74 Å². The summed E-state index contributed by atoms with van der Waals surface area (Å²) in [6.07, 6.45) is 0.290. The van der Waals surface area contributed by atoms with Crippen molar-refractivity contribution in [2.24, 2.45) is 0 Å². The molecular weight excluding hydrogens is 264 g/mol. The highest BCUT2D eigenvalue weighted by atomic mass is 35.7. The molecule has 0 aliphatic heterocycles. The Kier molecular flexibility index (Phi) is 4.96. The van der Waals surface area contributed by atoms with E-state index in [1.54, 1.807) is 24.3 Å². The van der Waals surface area contributed by atoms with Gasteiger partial charge in [-0.3, -0.25) is 4.79 Å². The third kappa shape index (κ3) is 5.19. The molecule has 0 heterocycles. The molecule has 0 fully saturated rings. The zero-order valence-electron chi connectivity index (χ0n) is 9.35. The summed E-state index contributed by atoms with van der Waals surface area (Å²) in [6, 6.07) is 6.83. The van der Waals surface area contributed by atoms with Crippen LogP contribution in [0, 0.1) is 0 Å². The van der Waals surface area contributed by atoms with Gasteiger partial charge in [0.15, 0.2) is 5.78 Å². The van der Waals surface area contributed by atoms with E-state index in [1.165, 1.54) is 6.92 Å². The van der Waals surface area contributed by atoms with E-state index in [0.29, 0.717) is 11.3 Å². The molecule has 0 N–H and O–H groups in total. The van der Waals surface area contributed by atoms with Gasteiger partial charge in [-0.1, -0.05) is 12.1 Å². The van der Waals surface area contributed by atoms with E-state index in [1.807, 2.05) is 0 Å². The molecule has 1 aromatic carbocycles. The largest absolute Gasteiger partial charge is 0.493 e. The molecule has 0 spiro atoms. The summed E-state index contributed by atoms with van der Waals surface area (Å²) >= 11 is 0. The van der Waals surface area contributed by atoms with Crippen LogP contribution in [0.5, 0.6) is 5.75 Å². The second-order valence-corrected chi connectivity index (χ2v) is 6.39. The number of hydrogen-bond donors (Lipinski definition) is 0. The monoisotopic (exact) mass is 276 g/mol. The van der Waals surface area contributed by atoms with E-state index in [4.69, 9.17) is 15.4 Å². The van der Waals surface area contributed by atoms with E-state index < -0.39 is 9.05 Å². The Hall–Kier alpha value is -1.07. The highest BCUT2D eigenvalue weighted by Crippen LogP contribution is 2.18. The van der Waals surface area contributed by atoms with Gasteiger partial charge in [0, 0.05) is 10.7 Å². The summed E-state index contributed by atoms with van der Waals surface area (Å²) in [5, 5.41) is 0. The van der Waals surface area contributed by atoms with Gasteiger partial charge >= 0.3 is 0 Å². The topological polar surface area (TPSA) is 60.4 Å². The normalized spacial score (nSPS) is 11.2. The zero-order chi connectivity index (χ0) is 12.9. The maximum Gasteiger partial charge on any atom is 0.232 e. The summed E-state index contributed by atoms with van der Waals surface area (Å²) in [5.41, 5.74) is 0.487. The summed E-state index contributed by atoms with van der Waals surface area (Å²) in [7, 11) is 1.58. The number of rotatable bonds is 6. The quantitative estimate of drug-likeness (QED) is 0.454. The van der Waals surface area contributed by atoms with Crippen LogP contribution >= 0.6 is 10.7 Å². The fourth-order valence-corrected chi connectivity index (χ4v) is 2.09. The lowest BCUT2D eigenvalue weighted by Gasteiger charge is -2.08. The van der Waals surface area contributed by atoms with Crippen LogP contribution in [0.2, 0.25) is 0 Å². The average molecular weight is 277 g/mol. The van der Waals surface area contributed by atoms with Crippen LogP contribution in [0.15, 0.2) is 24.3 Å². The van der Waals surface area contributed by atoms with Crippen molar-refractivity contribution in [2.75, 3.05) is 12.4 Å². The third-order valence-corrected chi connectivity index (χ3v) is 3.30. The van der Waals surface area contributed by atoms with Crippen molar-refractivity contribution >= 4 is 25.5 Å². The van der Waals surface area contributed by atoms with E-state index >= 15 is 0 Å². The lowest BCUT2D eigenvalue weighted by molar-refractivity contribution is 0.101. The third-order valence-electron chi connectivity index (χ3n) is 2.06. The summed E-state index contributed by atoms with van der Waals surface area (Å²) in [4.78, 5) is 11.3. The molecule has 0 aromatic heterocycles. The van der Waals surface area contributed by atoms with Gasteiger partial charge in [0.25, 0.3) is 0 Å². The van der Waals surface area contributed by atoms with E-state index in [9.17, 15) is 13.2 Å². The fourth-order valence-electron chi connectivity index (χ4n) is 1.30. The van der Waals surface area contributed by atoms with Crippen LogP contribution in [-0.2, 0) is 9.05 Å². The Morgan fingerprint density at radius 3 is 2.59 bits per heavy atom. The number of carbonyl (C=O) groups is 1. The molecule has 0 amide bonds. The van der Waals surface area contributed by atoms with Gasteiger partial charge in [-0.15, -0.1) is 0 Å². The van der Waals surface area contributed by atoms with Crippen LogP contribution in [0.25, 0.3) is 0 Å². The van der Waals surface area contributed by atoms with Crippen molar-refractivity contribution in [3.05, 3.63) is 29.8 Å². The molecule has 0 radical (unpaired) electrons. The lowest BCUT2D eigenvalue weighted by atomic mass is 10.1. The predicted octanol–water partition coefficient (Wildman–Crippen LogP) is 2.23. The predicted molar refractivity (Wildman–Crippen MR) is 66.2 cm³/mol. The molecule has 17 heavy (non-hydrogen) atoms. The minimum Gasteiger partial charge on any atom is -0.493 e. The van der Waals surface area contributed by atoms with E-state index in [-0.39, 0.29) is 24.6 Å². The molecule has 0 aliphatic rings. The van der Waals surface area contributed by atoms with E-state index in [0.717, 1.165) is 0 Å².